The molecule has 2 N–H and O–H groups in total. The van der Waals surface area contributed by atoms with Gasteiger partial charge in [0.05, 0.1) is 5.71 Å². The van der Waals surface area contributed by atoms with Gasteiger partial charge in [-0.15, -0.1) is 0 Å². The number of aromatic nitrogens is 1. The highest BCUT2D eigenvalue weighted by Gasteiger charge is 2.14. The molecule has 3 aromatic rings. The molecule has 1 heterocycles. The van der Waals surface area contributed by atoms with Crippen LogP contribution in [0.5, 0.6) is 0 Å². The molecule has 28 heavy (non-hydrogen) atoms. The van der Waals surface area contributed by atoms with Crippen LogP contribution in [0.1, 0.15) is 18.1 Å². The van der Waals surface area contributed by atoms with Crippen LogP contribution in [-0.2, 0) is 9.59 Å². The normalized spacial score (nSPS) is 11.2. The number of amides is 2. The average Bonchev–Trinajstić information content (AvgIpc) is 3.23. The van der Waals surface area contributed by atoms with Crippen LogP contribution in [0.4, 0.5) is 5.69 Å². The molecule has 0 aliphatic rings. The second-order valence-corrected chi connectivity index (χ2v) is 6.60. The van der Waals surface area contributed by atoms with Gasteiger partial charge in [-0.25, -0.2) is 5.43 Å². The molecular weight excluding hydrogens is 376 g/mol. The maximum atomic E-state index is 12.0. The molecule has 7 heteroatoms. The number of benzene rings is 2. The molecular formula is C21H19ClN4O2. The summed E-state index contributed by atoms with van der Waals surface area (Å²) in [6, 6.07) is 16.6. The average molecular weight is 395 g/mol. The lowest BCUT2D eigenvalue weighted by Crippen LogP contribution is -2.32. The number of hydrazone groups is 1. The lowest BCUT2D eigenvalue weighted by Gasteiger charge is -2.07. The molecule has 0 saturated heterocycles. The van der Waals surface area contributed by atoms with Crippen LogP contribution in [-0.4, -0.2) is 22.1 Å². The van der Waals surface area contributed by atoms with Crippen molar-refractivity contribution >= 4 is 34.8 Å². The Labute approximate surface area is 167 Å². The largest absolute Gasteiger partial charge is 0.329 e. The van der Waals surface area contributed by atoms with Crippen molar-refractivity contribution in [2.24, 2.45) is 5.10 Å². The van der Waals surface area contributed by atoms with E-state index in [4.69, 9.17) is 11.6 Å². The van der Waals surface area contributed by atoms with Gasteiger partial charge in [-0.3, -0.25) is 9.59 Å². The van der Waals surface area contributed by atoms with Crippen LogP contribution in [0, 0.1) is 6.92 Å². The van der Waals surface area contributed by atoms with Crippen molar-refractivity contribution in [3.8, 4) is 5.69 Å². The summed E-state index contributed by atoms with van der Waals surface area (Å²) in [4.78, 5) is 24.0. The number of hydrogen-bond acceptors (Lipinski definition) is 3. The van der Waals surface area contributed by atoms with Gasteiger partial charge in [0.2, 0.25) is 0 Å². The molecule has 1 aromatic heterocycles. The van der Waals surface area contributed by atoms with Gasteiger partial charge in [0.1, 0.15) is 0 Å². The van der Waals surface area contributed by atoms with E-state index in [0.29, 0.717) is 16.4 Å². The van der Waals surface area contributed by atoms with Crippen molar-refractivity contribution in [1.82, 2.24) is 9.99 Å². The zero-order valence-corrected chi connectivity index (χ0v) is 16.2. The minimum atomic E-state index is -0.861. The quantitative estimate of drug-likeness (QED) is 0.400. The first kappa shape index (κ1) is 19.4. The van der Waals surface area contributed by atoms with E-state index in [-0.39, 0.29) is 0 Å². The van der Waals surface area contributed by atoms with Crippen LogP contribution >= 0.6 is 11.6 Å². The first-order valence-corrected chi connectivity index (χ1v) is 8.97. The highest BCUT2D eigenvalue weighted by molar-refractivity contribution is 6.40. The second kappa shape index (κ2) is 8.54. The first-order valence-electron chi connectivity index (χ1n) is 8.59. The molecule has 0 atom stereocenters. The Morgan fingerprint density at radius 3 is 2.32 bits per heavy atom. The van der Waals surface area contributed by atoms with E-state index in [2.05, 4.69) is 15.8 Å². The Hall–Kier alpha value is -3.38. The van der Waals surface area contributed by atoms with Gasteiger partial charge in [-0.05, 0) is 61.4 Å². The lowest BCUT2D eigenvalue weighted by molar-refractivity contribution is -0.136. The fourth-order valence-corrected chi connectivity index (χ4v) is 2.67. The summed E-state index contributed by atoms with van der Waals surface area (Å²) >= 11 is 6.02. The Balaban J connectivity index is 1.61. The first-order chi connectivity index (χ1) is 13.4. The Kier molecular flexibility index (Phi) is 5.91. The van der Waals surface area contributed by atoms with Crippen molar-refractivity contribution < 1.29 is 9.59 Å². The van der Waals surface area contributed by atoms with Gasteiger partial charge in [-0.1, -0.05) is 29.8 Å². The van der Waals surface area contributed by atoms with Crippen LogP contribution in [0.2, 0.25) is 5.02 Å². The number of hydrogen-bond donors (Lipinski definition) is 2. The zero-order chi connectivity index (χ0) is 20.1. The highest BCUT2D eigenvalue weighted by atomic mass is 35.5. The molecule has 0 unspecified atom stereocenters. The predicted octanol–water partition coefficient (Wildman–Crippen LogP) is 3.92. The van der Waals surface area contributed by atoms with Gasteiger partial charge in [0.25, 0.3) is 0 Å². The second-order valence-electron chi connectivity index (χ2n) is 6.19. The van der Waals surface area contributed by atoms with Gasteiger partial charge in [0.15, 0.2) is 0 Å². The summed E-state index contributed by atoms with van der Waals surface area (Å²) in [6.07, 6.45) is 3.91. The zero-order valence-electron chi connectivity index (χ0n) is 15.4. The van der Waals surface area contributed by atoms with Gasteiger partial charge >= 0.3 is 11.8 Å². The van der Waals surface area contributed by atoms with E-state index in [9.17, 15) is 9.59 Å². The van der Waals surface area contributed by atoms with E-state index >= 15 is 0 Å². The molecule has 2 amide bonds. The fraction of sp³-hybridized carbons (Fsp3) is 0.0952. The van der Waals surface area contributed by atoms with E-state index in [1.807, 2.05) is 60.3 Å². The Morgan fingerprint density at radius 2 is 1.68 bits per heavy atom. The molecule has 0 bridgehead atoms. The molecule has 0 saturated carbocycles. The summed E-state index contributed by atoms with van der Waals surface area (Å²) in [7, 11) is 0. The fourth-order valence-electron chi connectivity index (χ4n) is 2.49. The Bertz CT molecular complexity index is 1030. The maximum absolute atomic E-state index is 12.0. The number of carbonyl (C=O) groups is 2. The van der Waals surface area contributed by atoms with E-state index in [1.54, 1.807) is 25.1 Å². The topological polar surface area (TPSA) is 75.5 Å². The van der Waals surface area contributed by atoms with Gasteiger partial charge in [-0.2, -0.15) is 5.10 Å². The number of rotatable bonds is 4. The summed E-state index contributed by atoms with van der Waals surface area (Å²) in [5.41, 5.74) is 6.02. The third kappa shape index (κ3) is 4.66. The third-order valence-electron chi connectivity index (χ3n) is 4.15. The van der Waals surface area contributed by atoms with E-state index in [0.717, 1.165) is 16.8 Å². The molecule has 6 nitrogen and oxygen atoms in total. The van der Waals surface area contributed by atoms with Gasteiger partial charge < -0.3 is 9.88 Å². The summed E-state index contributed by atoms with van der Waals surface area (Å²) in [5.74, 6) is -1.68. The summed E-state index contributed by atoms with van der Waals surface area (Å²) < 4.78 is 1.99. The molecule has 0 fully saturated rings. The summed E-state index contributed by atoms with van der Waals surface area (Å²) in [5, 5.41) is 7.00. The highest BCUT2D eigenvalue weighted by Crippen LogP contribution is 2.19. The van der Waals surface area contributed by atoms with Crippen molar-refractivity contribution in [3.63, 3.8) is 0 Å². The molecule has 0 radical (unpaired) electrons. The monoisotopic (exact) mass is 394 g/mol. The molecule has 0 spiro atoms. The van der Waals surface area contributed by atoms with Crippen LogP contribution in [0.3, 0.4) is 0 Å². The minimum Gasteiger partial charge on any atom is -0.324 e. The van der Waals surface area contributed by atoms with E-state index < -0.39 is 11.8 Å². The standard InChI is InChI=1S/C21H19ClN4O2/c1-14-5-8-17(13-19(14)22)23-20(27)21(28)25-24-15(2)16-6-9-18(10-7-16)26-11-3-4-12-26/h3-13H,1-2H3,(H,23,27)(H,25,28). The lowest BCUT2D eigenvalue weighted by atomic mass is 10.1. The number of halogens is 1. The number of nitrogens with zero attached hydrogens (tertiary/aromatic N) is 2. The maximum Gasteiger partial charge on any atom is 0.329 e. The summed E-state index contributed by atoms with van der Waals surface area (Å²) in [6.45, 7) is 3.60. The number of carbonyl (C=O) groups excluding carboxylic acids is 2. The molecule has 3 rings (SSSR count). The predicted molar refractivity (Wildman–Crippen MR) is 111 cm³/mol. The molecule has 0 aliphatic carbocycles. The molecule has 2 aromatic carbocycles. The molecule has 142 valence electrons. The van der Waals surface area contributed by atoms with Crippen LogP contribution < -0.4 is 10.7 Å². The van der Waals surface area contributed by atoms with Crippen LogP contribution in [0.15, 0.2) is 72.1 Å². The number of nitrogens with one attached hydrogen (secondary N) is 2. The van der Waals surface area contributed by atoms with Crippen LogP contribution in [0.25, 0.3) is 5.69 Å². The van der Waals surface area contributed by atoms with Crippen molar-refractivity contribution in [2.75, 3.05) is 5.32 Å². The van der Waals surface area contributed by atoms with Gasteiger partial charge in [0, 0.05) is 28.8 Å². The molecule has 0 aliphatic heterocycles. The number of aryl methyl sites for hydroxylation is 1. The SMILES string of the molecule is CC(=NNC(=O)C(=O)Nc1ccc(C)c(Cl)c1)c1ccc(-n2cccc2)cc1. The van der Waals surface area contributed by atoms with Crippen molar-refractivity contribution in [1.29, 1.82) is 0 Å². The minimum absolute atomic E-state index is 0.442. The number of anilines is 1. The Morgan fingerprint density at radius 1 is 1.00 bits per heavy atom. The van der Waals surface area contributed by atoms with Crippen molar-refractivity contribution in [3.05, 3.63) is 83.1 Å². The van der Waals surface area contributed by atoms with E-state index in [1.165, 1.54) is 0 Å². The smallest absolute Gasteiger partial charge is 0.324 e. The third-order valence-corrected chi connectivity index (χ3v) is 4.56. The van der Waals surface area contributed by atoms with Crippen molar-refractivity contribution in [2.45, 2.75) is 13.8 Å².